The smallest absolute Gasteiger partial charge is 0.380 e. The highest BCUT2D eigenvalue weighted by atomic mass is 16.5. The molecule has 3 aliphatic rings. The Morgan fingerprint density at radius 1 is 1.29 bits per heavy atom. The van der Waals surface area contributed by atoms with E-state index in [4.69, 9.17) is 4.74 Å². The van der Waals surface area contributed by atoms with Gasteiger partial charge in [-0.05, 0) is 18.9 Å². The number of pyridine rings is 1. The van der Waals surface area contributed by atoms with Crippen molar-refractivity contribution in [2.45, 2.75) is 26.3 Å². The second-order valence-electron chi connectivity index (χ2n) is 8.49. The van der Waals surface area contributed by atoms with E-state index in [-0.39, 0.29) is 18.2 Å². The normalized spacial score (nSPS) is 19.5. The van der Waals surface area contributed by atoms with Gasteiger partial charge in [0, 0.05) is 44.2 Å². The van der Waals surface area contributed by atoms with Gasteiger partial charge in [-0.1, -0.05) is 0 Å². The highest BCUT2D eigenvalue weighted by Gasteiger charge is 2.43. The number of fused-ring (bicyclic) bond motifs is 1. The van der Waals surface area contributed by atoms with E-state index in [0.717, 1.165) is 50.5 Å². The third kappa shape index (κ3) is 3.64. The largest absolute Gasteiger partial charge is 0.406 e. The molecule has 2 aromatic heterocycles. The third-order valence-electron chi connectivity index (χ3n) is 6.45. The Bertz CT molecular complexity index is 1050. The van der Waals surface area contributed by atoms with Crippen LogP contribution in [0.25, 0.3) is 0 Å². The van der Waals surface area contributed by atoms with Crippen molar-refractivity contribution in [1.82, 2.24) is 20.3 Å². The number of Topliss-reactive ketones (excluding diaryl/α,β-unsaturated/α-hetero) is 1. The summed E-state index contributed by atoms with van der Waals surface area (Å²) in [7, 11) is 0. The average molecular weight is 421 g/mol. The number of hydrogen-bond donors (Lipinski definition) is 1. The molecule has 5 rings (SSSR count). The highest BCUT2D eigenvalue weighted by molar-refractivity contribution is 6.46. The first-order chi connectivity index (χ1) is 15.1. The zero-order valence-corrected chi connectivity index (χ0v) is 17.5. The first-order valence-corrected chi connectivity index (χ1v) is 10.6. The van der Waals surface area contributed by atoms with Crippen molar-refractivity contribution in [1.29, 1.82) is 0 Å². The maximum Gasteiger partial charge on any atom is 0.406 e. The van der Waals surface area contributed by atoms with Crippen LogP contribution >= 0.6 is 0 Å². The van der Waals surface area contributed by atoms with Crippen LogP contribution in [0.1, 0.15) is 35.9 Å². The molecule has 0 bridgehead atoms. The summed E-state index contributed by atoms with van der Waals surface area (Å²) in [5.41, 5.74) is 3.39. The van der Waals surface area contributed by atoms with Crippen LogP contribution in [0, 0.1) is 5.41 Å². The van der Waals surface area contributed by atoms with Gasteiger partial charge in [-0.2, -0.15) is 0 Å². The van der Waals surface area contributed by atoms with Crippen LogP contribution in [0.4, 0.5) is 11.4 Å². The second-order valence-corrected chi connectivity index (χ2v) is 8.49. The SMILES string of the molecule is CC1=[N+](C(=O)CNCc2ccncn2)c2cc(N3CCC4(CC3)COC4)cnc2C1=O. The number of ether oxygens (including phenoxy) is 1. The molecule has 0 atom stereocenters. The molecule has 9 nitrogen and oxygen atoms in total. The number of piperidine rings is 1. The third-order valence-corrected chi connectivity index (χ3v) is 6.45. The van der Waals surface area contributed by atoms with Crippen molar-refractivity contribution in [2.24, 2.45) is 5.41 Å². The molecule has 0 aromatic carbocycles. The second kappa shape index (κ2) is 7.90. The van der Waals surface area contributed by atoms with Crippen molar-refractivity contribution in [3.63, 3.8) is 0 Å². The molecular formula is C22H25N6O3+. The molecule has 0 saturated carbocycles. The Morgan fingerprint density at radius 3 is 2.77 bits per heavy atom. The van der Waals surface area contributed by atoms with Crippen LogP contribution in [-0.2, 0) is 16.1 Å². The number of amides is 1. The van der Waals surface area contributed by atoms with Gasteiger partial charge in [0.15, 0.2) is 5.69 Å². The lowest BCUT2D eigenvalue weighted by Gasteiger charge is -2.47. The van der Waals surface area contributed by atoms with E-state index in [0.29, 0.717) is 29.1 Å². The van der Waals surface area contributed by atoms with Crippen LogP contribution in [0.15, 0.2) is 30.9 Å². The van der Waals surface area contributed by atoms with Gasteiger partial charge in [0.25, 0.3) is 5.78 Å². The predicted molar refractivity (Wildman–Crippen MR) is 113 cm³/mol. The lowest BCUT2D eigenvalue weighted by Crippen LogP contribution is -2.51. The summed E-state index contributed by atoms with van der Waals surface area (Å²) < 4.78 is 6.91. The zero-order valence-electron chi connectivity index (χ0n) is 17.5. The maximum absolute atomic E-state index is 13.0. The summed E-state index contributed by atoms with van der Waals surface area (Å²) in [5, 5.41) is 3.10. The van der Waals surface area contributed by atoms with Crippen molar-refractivity contribution in [3.05, 3.63) is 42.2 Å². The van der Waals surface area contributed by atoms with Gasteiger partial charge in [0.1, 0.15) is 12.9 Å². The van der Waals surface area contributed by atoms with Crippen LogP contribution in [0.2, 0.25) is 0 Å². The molecule has 160 valence electrons. The van der Waals surface area contributed by atoms with E-state index in [1.165, 1.54) is 10.9 Å². The molecule has 5 heterocycles. The quantitative estimate of drug-likeness (QED) is 0.717. The summed E-state index contributed by atoms with van der Waals surface area (Å²) in [5.74, 6) is -0.392. The fourth-order valence-corrected chi connectivity index (χ4v) is 4.45. The maximum atomic E-state index is 13.0. The summed E-state index contributed by atoms with van der Waals surface area (Å²) >= 11 is 0. The summed E-state index contributed by atoms with van der Waals surface area (Å²) in [6.07, 6.45) is 7.06. The molecule has 9 heteroatoms. The Hall–Kier alpha value is -3.04. The van der Waals surface area contributed by atoms with E-state index < -0.39 is 0 Å². The Kier molecular flexibility index (Phi) is 5.07. The number of ketones is 1. The summed E-state index contributed by atoms with van der Waals surface area (Å²) in [6, 6.07) is 3.71. The number of rotatable bonds is 5. The fourth-order valence-electron chi connectivity index (χ4n) is 4.45. The number of carbonyl (C=O) groups is 2. The first kappa shape index (κ1) is 19.9. The molecular weight excluding hydrogens is 396 g/mol. The predicted octanol–water partition coefficient (Wildman–Crippen LogP) is 1.11. The Labute approximate surface area is 180 Å². The number of anilines is 1. The Balaban J connectivity index is 1.31. The molecule has 2 aromatic rings. The van der Waals surface area contributed by atoms with E-state index in [1.54, 1.807) is 25.4 Å². The highest BCUT2D eigenvalue weighted by Crippen LogP contribution is 2.40. The van der Waals surface area contributed by atoms with Crippen molar-refractivity contribution in [3.8, 4) is 0 Å². The van der Waals surface area contributed by atoms with Gasteiger partial charge in [-0.25, -0.2) is 19.7 Å². The van der Waals surface area contributed by atoms with Crippen LogP contribution in [-0.4, -0.2) is 69.8 Å². The first-order valence-electron chi connectivity index (χ1n) is 10.6. The van der Waals surface area contributed by atoms with Gasteiger partial charge in [-0.15, -0.1) is 4.58 Å². The number of carbonyl (C=O) groups excluding carboxylic acids is 2. The topological polar surface area (TPSA) is 100 Å². The van der Waals surface area contributed by atoms with E-state index in [9.17, 15) is 9.59 Å². The monoisotopic (exact) mass is 421 g/mol. The fraction of sp³-hybridized carbons (Fsp3) is 0.455. The van der Waals surface area contributed by atoms with Crippen LogP contribution in [0.3, 0.4) is 0 Å². The summed E-state index contributed by atoms with van der Waals surface area (Å²) in [6.45, 7) is 5.77. The Morgan fingerprint density at radius 2 is 2.10 bits per heavy atom. The molecule has 0 unspecified atom stereocenters. The molecule has 1 spiro atoms. The van der Waals surface area contributed by atoms with Gasteiger partial charge in [0.2, 0.25) is 11.4 Å². The molecule has 31 heavy (non-hydrogen) atoms. The van der Waals surface area contributed by atoms with Gasteiger partial charge >= 0.3 is 5.91 Å². The zero-order chi connectivity index (χ0) is 21.4. The van der Waals surface area contributed by atoms with Crippen LogP contribution < -0.4 is 10.2 Å². The van der Waals surface area contributed by atoms with Gasteiger partial charge in [0.05, 0.1) is 30.8 Å². The minimum Gasteiger partial charge on any atom is -0.380 e. The number of nitrogens with zero attached hydrogens (tertiary/aromatic N) is 5. The molecule has 1 amide bonds. The lowest BCUT2D eigenvalue weighted by atomic mass is 9.77. The van der Waals surface area contributed by atoms with E-state index in [1.807, 2.05) is 6.07 Å². The minimum atomic E-state index is -0.199. The van der Waals surface area contributed by atoms with Gasteiger partial charge < -0.3 is 9.64 Å². The molecule has 0 radical (unpaired) electrons. The molecule has 3 aliphatic heterocycles. The summed E-state index contributed by atoms with van der Waals surface area (Å²) in [4.78, 5) is 40.4. The van der Waals surface area contributed by atoms with Crippen molar-refractivity contribution >= 4 is 28.8 Å². The number of hydrogen-bond acceptors (Lipinski definition) is 8. The van der Waals surface area contributed by atoms with Gasteiger partial charge in [-0.3, -0.25) is 10.1 Å². The van der Waals surface area contributed by atoms with Crippen LogP contribution in [0.5, 0.6) is 0 Å². The average Bonchev–Trinajstić information content (AvgIpc) is 3.03. The van der Waals surface area contributed by atoms with E-state index in [2.05, 4.69) is 25.2 Å². The number of nitrogens with one attached hydrogen (secondary N) is 1. The molecule has 2 fully saturated rings. The molecule has 2 saturated heterocycles. The standard InChI is InChI=1S/C22H25N6O3/c1-15-21(30)20-18(28(15)19(29)11-24-9-16-2-5-23-14-26-16)8-17(10-25-20)27-6-3-22(4-7-27)12-31-13-22/h2,5,8,10,14,24H,3-4,6-7,9,11-13H2,1H3/q+1. The van der Waals surface area contributed by atoms with Crippen molar-refractivity contribution in [2.75, 3.05) is 37.7 Å². The van der Waals surface area contributed by atoms with E-state index >= 15 is 0 Å². The van der Waals surface area contributed by atoms with Crippen molar-refractivity contribution < 1.29 is 18.9 Å². The number of aromatic nitrogens is 3. The molecule has 0 aliphatic carbocycles. The lowest BCUT2D eigenvalue weighted by molar-refractivity contribution is -0.363. The minimum absolute atomic E-state index is 0.0878. The molecule has 1 N–H and O–H groups in total.